The number of hydrogen-bond acceptors (Lipinski definition) is 2. The lowest BCUT2D eigenvalue weighted by atomic mass is 10.2. The molecule has 0 unspecified atom stereocenters. The SMILES string of the molecule is c1ccc(OCCCCCNC2CC2)cc1. The second kappa shape index (κ2) is 6.54. The van der Waals surface area contributed by atoms with E-state index in [1.807, 2.05) is 30.3 Å². The van der Waals surface area contributed by atoms with Gasteiger partial charge in [0, 0.05) is 6.04 Å². The van der Waals surface area contributed by atoms with Crippen molar-refractivity contribution in [2.45, 2.75) is 38.1 Å². The standard InChI is InChI=1S/C14H21NO/c1-3-7-14(8-4-1)16-12-6-2-5-11-15-13-9-10-13/h1,3-4,7-8,13,15H,2,5-6,9-12H2. The number of rotatable bonds is 8. The van der Waals surface area contributed by atoms with Crippen LogP contribution in [0.3, 0.4) is 0 Å². The predicted molar refractivity (Wildman–Crippen MR) is 66.8 cm³/mol. The summed E-state index contributed by atoms with van der Waals surface area (Å²) in [6, 6.07) is 10.9. The number of hydrogen-bond donors (Lipinski definition) is 1. The molecule has 2 nitrogen and oxygen atoms in total. The van der Waals surface area contributed by atoms with Gasteiger partial charge in [0.05, 0.1) is 6.61 Å². The van der Waals surface area contributed by atoms with Crippen LogP contribution in [0.25, 0.3) is 0 Å². The van der Waals surface area contributed by atoms with Crippen LogP contribution < -0.4 is 10.1 Å². The van der Waals surface area contributed by atoms with Crippen LogP contribution >= 0.6 is 0 Å². The second-order valence-electron chi connectivity index (χ2n) is 4.45. The lowest BCUT2D eigenvalue weighted by Crippen LogP contribution is -2.17. The summed E-state index contributed by atoms with van der Waals surface area (Å²) < 4.78 is 5.63. The van der Waals surface area contributed by atoms with Gasteiger partial charge in [-0.05, 0) is 50.8 Å². The van der Waals surface area contributed by atoms with E-state index in [0.29, 0.717) is 0 Å². The Hall–Kier alpha value is -1.02. The largest absolute Gasteiger partial charge is 0.494 e. The zero-order valence-electron chi connectivity index (χ0n) is 9.82. The molecule has 1 aromatic carbocycles. The lowest BCUT2D eigenvalue weighted by molar-refractivity contribution is 0.305. The van der Waals surface area contributed by atoms with E-state index < -0.39 is 0 Å². The van der Waals surface area contributed by atoms with Gasteiger partial charge in [0.2, 0.25) is 0 Å². The molecule has 0 amide bonds. The van der Waals surface area contributed by atoms with Gasteiger partial charge in [-0.3, -0.25) is 0 Å². The van der Waals surface area contributed by atoms with Crippen LogP contribution in [-0.4, -0.2) is 19.2 Å². The van der Waals surface area contributed by atoms with Gasteiger partial charge in [0.1, 0.15) is 5.75 Å². The van der Waals surface area contributed by atoms with Crippen LogP contribution in [0.5, 0.6) is 5.75 Å². The highest BCUT2D eigenvalue weighted by Crippen LogP contribution is 2.18. The maximum Gasteiger partial charge on any atom is 0.119 e. The lowest BCUT2D eigenvalue weighted by Gasteiger charge is -2.06. The minimum Gasteiger partial charge on any atom is -0.494 e. The normalized spacial score (nSPS) is 15.0. The number of ether oxygens (including phenoxy) is 1. The topological polar surface area (TPSA) is 21.3 Å². The maximum atomic E-state index is 5.63. The number of unbranched alkanes of at least 4 members (excludes halogenated alkanes) is 2. The smallest absolute Gasteiger partial charge is 0.119 e. The molecule has 0 aliphatic heterocycles. The molecule has 0 aromatic heterocycles. The summed E-state index contributed by atoms with van der Waals surface area (Å²) in [5, 5.41) is 3.52. The average molecular weight is 219 g/mol. The summed E-state index contributed by atoms with van der Waals surface area (Å²) >= 11 is 0. The van der Waals surface area contributed by atoms with Crippen LogP contribution in [0.15, 0.2) is 30.3 Å². The molecule has 0 radical (unpaired) electrons. The van der Waals surface area contributed by atoms with Crippen LogP contribution in [0, 0.1) is 0 Å². The van der Waals surface area contributed by atoms with Crippen molar-refractivity contribution in [1.82, 2.24) is 5.32 Å². The first-order valence-corrected chi connectivity index (χ1v) is 6.36. The highest BCUT2D eigenvalue weighted by Gasteiger charge is 2.19. The van der Waals surface area contributed by atoms with Gasteiger partial charge in [0.25, 0.3) is 0 Å². The Morgan fingerprint density at radius 1 is 1.06 bits per heavy atom. The minimum atomic E-state index is 0.841. The maximum absolute atomic E-state index is 5.63. The van der Waals surface area contributed by atoms with Crippen LogP contribution in [0.2, 0.25) is 0 Å². The van der Waals surface area contributed by atoms with Gasteiger partial charge in [-0.1, -0.05) is 18.2 Å². The third-order valence-electron chi connectivity index (χ3n) is 2.84. The third kappa shape index (κ3) is 4.67. The first-order valence-electron chi connectivity index (χ1n) is 6.36. The van der Waals surface area contributed by atoms with Gasteiger partial charge in [0.15, 0.2) is 0 Å². The molecule has 0 heterocycles. The summed E-state index contributed by atoms with van der Waals surface area (Å²) in [6.45, 7) is 2.02. The molecule has 0 atom stereocenters. The summed E-state index contributed by atoms with van der Waals surface area (Å²) in [7, 11) is 0. The van der Waals surface area contributed by atoms with Crippen LogP contribution in [0.1, 0.15) is 32.1 Å². The van der Waals surface area contributed by atoms with E-state index in [4.69, 9.17) is 4.74 Å². The van der Waals surface area contributed by atoms with Crippen molar-refractivity contribution in [2.75, 3.05) is 13.2 Å². The van der Waals surface area contributed by atoms with Crippen molar-refractivity contribution in [1.29, 1.82) is 0 Å². The fourth-order valence-corrected chi connectivity index (χ4v) is 1.70. The number of nitrogens with one attached hydrogen (secondary N) is 1. The van der Waals surface area contributed by atoms with Crippen molar-refractivity contribution in [2.24, 2.45) is 0 Å². The summed E-state index contributed by atoms with van der Waals surface area (Å²) in [5.74, 6) is 0.985. The van der Waals surface area contributed by atoms with E-state index in [1.165, 1.54) is 32.2 Å². The second-order valence-corrected chi connectivity index (χ2v) is 4.45. The molecule has 0 bridgehead atoms. The van der Waals surface area contributed by atoms with Crippen molar-refractivity contribution >= 4 is 0 Å². The van der Waals surface area contributed by atoms with Crippen LogP contribution in [0.4, 0.5) is 0 Å². The van der Waals surface area contributed by atoms with Gasteiger partial charge >= 0.3 is 0 Å². The van der Waals surface area contributed by atoms with Gasteiger partial charge in [-0.25, -0.2) is 0 Å². The van der Waals surface area contributed by atoms with E-state index in [0.717, 1.165) is 24.8 Å². The highest BCUT2D eigenvalue weighted by molar-refractivity contribution is 5.20. The van der Waals surface area contributed by atoms with E-state index in [-0.39, 0.29) is 0 Å². The Labute approximate surface area is 98.0 Å². The van der Waals surface area contributed by atoms with Gasteiger partial charge in [-0.15, -0.1) is 0 Å². The Kier molecular flexibility index (Phi) is 4.69. The van der Waals surface area contributed by atoms with Gasteiger partial charge in [-0.2, -0.15) is 0 Å². The molecule has 1 aliphatic rings. The van der Waals surface area contributed by atoms with Crippen LogP contribution in [-0.2, 0) is 0 Å². The Balaban J connectivity index is 1.42. The highest BCUT2D eigenvalue weighted by atomic mass is 16.5. The average Bonchev–Trinajstić information content (AvgIpc) is 3.13. The first-order chi connectivity index (χ1) is 7.95. The molecule has 1 fully saturated rings. The molecular formula is C14H21NO. The Morgan fingerprint density at radius 2 is 1.88 bits per heavy atom. The van der Waals surface area contributed by atoms with Crippen molar-refractivity contribution < 1.29 is 4.74 Å². The molecular weight excluding hydrogens is 198 g/mol. The number of benzene rings is 1. The summed E-state index contributed by atoms with van der Waals surface area (Å²) in [6.07, 6.45) is 6.46. The molecule has 2 rings (SSSR count). The van der Waals surface area contributed by atoms with E-state index in [1.54, 1.807) is 0 Å². The fourth-order valence-electron chi connectivity index (χ4n) is 1.70. The van der Waals surface area contributed by atoms with E-state index in [9.17, 15) is 0 Å². The van der Waals surface area contributed by atoms with E-state index >= 15 is 0 Å². The van der Waals surface area contributed by atoms with Gasteiger partial charge < -0.3 is 10.1 Å². The number of para-hydroxylation sites is 1. The minimum absolute atomic E-state index is 0.841. The van der Waals surface area contributed by atoms with Crippen molar-refractivity contribution in [3.8, 4) is 5.75 Å². The monoisotopic (exact) mass is 219 g/mol. The molecule has 2 heteroatoms. The van der Waals surface area contributed by atoms with Crippen molar-refractivity contribution in [3.05, 3.63) is 30.3 Å². The molecule has 0 saturated heterocycles. The molecule has 1 N–H and O–H groups in total. The quantitative estimate of drug-likeness (QED) is 0.679. The molecule has 88 valence electrons. The Bertz CT molecular complexity index is 282. The first kappa shape index (κ1) is 11.5. The third-order valence-corrected chi connectivity index (χ3v) is 2.84. The molecule has 16 heavy (non-hydrogen) atoms. The molecule has 0 spiro atoms. The fraction of sp³-hybridized carbons (Fsp3) is 0.571. The molecule has 1 aromatic rings. The summed E-state index contributed by atoms with van der Waals surface area (Å²) in [4.78, 5) is 0. The predicted octanol–water partition coefficient (Wildman–Crippen LogP) is 2.99. The van der Waals surface area contributed by atoms with E-state index in [2.05, 4.69) is 5.32 Å². The molecule has 1 aliphatic carbocycles. The summed E-state index contributed by atoms with van der Waals surface area (Å²) in [5.41, 5.74) is 0. The van der Waals surface area contributed by atoms with Crippen molar-refractivity contribution in [3.63, 3.8) is 0 Å². The zero-order valence-corrected chi connectivity index (χ0v) is 9.82. The Morgan fingerprint density at radius 3 is 2.62 bits per heavy atom. The molecule has 1 saturated carbocycles. The zero-order chi connectivity index (χ0) is 11.1.